The summed E-state index contributed by atoms with van der Waals surface area (Å²) < 4.78 is 5.19. The van der Waals surface area contributed by atoms with Gasteiger partial charge in [0.05, 0.1) is 18.2 Å². The fraction of sp³-hybridized carbons (Fsp3) is 0.444. The van der Waals surface area contributed by atoms with Crippen molar-refractivity contribution in [1.82, 2.24) is 0 Å². The van der Waals surface area contributed by atoms with Gasteiger partial charge in [0.15, 0.2) is 0 Å². The van der Waals surface area contributed by atoms with E-state index in [9.17, 15) is 4.79 Å². The number of carbonyl (C=O) groups excluding carboxylic acids is 1. The van der Waals surface area contributed by atoms with Gasteiger partial charge >= 0.3 is 0 Å². The summed E-state index contributed by atoms with van der Waals surface area (Å²) in [5.74, 6) is -0.0429. The average molecular weight is 317 g/mol. The molecule has 0 aliphatic heterocycles. The van der Waals surface area contributed by atoms with Crippen LogP contribution in [0.4, 0.5) is 5.69 Å². The molecule has 0 saturated heterocycles. The Bertz CT molecular complexity index is 578. The Morgan fingerprint density at radius 2 is 1.91 bits per heavy atom. The van der Waals surface area contributed by atoms with E-state index >= 15 is 0 Å². The average Bonchev–Trinajstić information content (AvgIpc) is 2.56. The highest BCUT2D eigenvalue weighted by atomic mass is 32.1. The fourth-order valence-corrected chi connectivity index (χ4v) is 2.98. The predicted octanol–water partition coefficient (Wildman–Crippen LogP) is 4.48. The van der Waals surface area contributed by atoms with Gasteiger partial charge in [-0.2, -0.15) is 0 Å². The number of allylic oxidation sites excluding steroid dienone is 1. The number of para-hydroxylation sites is 1. The van der Waals surface area contributed by atoms with Crippen LogP contribution in [0.2, 0.25) is 0 Å². The Kier molecular flexibility index (Phi) is 5.35. The first-order valence-corrected chi connectivity index (χ1v) is 8.06. The molecule has 0 bridgehead atoms. The monoisotopic (exact) mass is 317 g/mol. The second-order valence-corrected chi connectivity index (χ2v) is 6.40. The molecule has 1 aliphatic rings. The molecule has 0 heterocycles. The number of carbonyl (C=O) groups is 1. The number of thiocarbonyl (C=S) groups is 1. The third-order valence-electron chi connectivity index (χ3n) is 4.20. The number of amides is 1. The number of ether oxygens (including phenoxy) is 1. The molecule has 0 spiro atoms. The van der Waals surface area contributed by atoms with Gasteiger partial charge in [-0.05, 0) is 63.9 Å². The Labute approximate surface area is 138 Å². The predicted molar refractivity (Wildman–Crippen MR) is 93.9 cm³/mol. The van der Waals surface area contributed by atoms with Gasteiger partial charge in [0, 0.05) is 0 Å². The Morgan fingerprint density at radius 3 is 2.45 bits per heavy atom. The van der Waals surface area contributed by atoms with Crippen LogP contribution in [0.25, 0.3) is 0 Å². The lowest BCUT2D eigenvalue weighted by Gasteiger charge is -2.34. The third-order valence-corrected chi connectivity index (χ3v) is 4.55. The second-order valence-electron chi connectivity index (χ2n) is 6.05. The summed E-state index contributed by atoms with van der Waals surface area (Å²) in [6.07, 6.45) is 6.57. The molecule has 1 aliphatic carbocycles. The maximum Gasteiger partial charge on any atom is 0.270 e. The number of benzene rings is 1. The number of anilines is 1. The van der Waals surface area contributed by atoms with Crippen LogP contribution in [0.1, 0.15) is 39.5 Å². The number of rotatable bonds is 3. The smallest absolute Gasteiger partial charge is 0.270 e. The van der Waals surface area contributed by atoms with Crippen molar-refractivity contribution in [2.24, 2.45) is 5.41 Å². The lowest BCUT2D eigenvalue weighted by Crippen LogP contribution is -2.45. The van der Waals surface area contributed by atoms with Crippen molar-refractivity contribution in [3.63, 3.8) is 0 Å². The van der Waals surface area contributed by atoms with Crippen LogP contribution in [-0.2, 0) is 9.53 Å². The topological polar surface area (TPSA) is 29.5 Å². The van der Waals surface area contributed by atoms with E-state index in [4.69, 9.17) is 17.0 Å². The van der Waals surface area contributed by atoms with Crippen molar-refractivity contribution in [3.8, 4) is 0 Å². The van der Waals surface area contributed by atoms with Gasteiger partial charge in [0.1, 0.15) is 0 Å². The Balaban J connectivity index is 2.37. The number of hydrogen-bond donors (Lipinski definition) is 0. The van der Waals surface area contributed by atoms with Crippen molar-refractivity contribution < 1.29 is 9.53 Å². The molecule has 22 heavy (non-hydrogen) atoms. The first-order chi connectivity index (χ1) is 10.5. The van der Waals surface area contributed by atoms with Gasteiger partial charge in [0.2, 0.25) is 5.91 Å². The largest absolute Gasteiger partial charge is 0.474 e. The zero-order valence-electron chi connectivity index (χ0n) is 13.5. The molecular weight excluding hydrogens is 294 g/mol. The normalized spacial score (nSPS) is 15.0. The summed E-state index contributed by atoms with van der Waals surface area (Å²) in [6.45, 7) is 3.95. The van der Waals surface area contributed by atoms with Crippen molar-refractivity contribution >= 4 is 29.0 Å². The lowest BCUT2D eigenvalue weighted by molar-refractivity contribution is -0.124. The van der Waals surface area contributed by atoms with E-state index in [0.717, 1.165) is 24.9 Å². The maximum atomic E-state index is 13.2. The highest BCUT2D eigenvalue weighted by Crippen LogP contribution is 2.36. The summed E-state index contributed by atoms with van der Waals surface area (Å²) in [6, 6.07) is 9.43. The van der Waals surface area contributed by atoms with Crippen molar-refractivity contribution in [2.75, 3.05) is 12.0 Å². The molecule has 1 amide bonds. The molecule has 0 radical (unpaired) electrons. The van der Waals surface area contributed by atoms with E-state index in [-0.39, 0.29) is 11.1 Å². The van der Waals surface area contributed by atoms with Crippen molar-refractivity contribution in [3.05, 3.63) is 42.0 Å². The summed E-state index contributed by atoms with van der Waals surface area (Å²) in [7, 11) is 1.50. The first-order valence-electron chi connectivity index (χ1n) is 7.65. The summed E-state index contributed by atoms with van der Waals surface area (Å²) in [5, 5.41) is 0.181. The SMILES string of the molecule is COC(=S)N(C(=O)C(C)(C)C1=CCCCC1)c1ccccc1. The van der Waals surface area contributed by atoms with E-state index < -0.39 is 5.41 Å². The molecule has 3 nitrogen and oxygen atoms in total. The zero-order valence-corrected chi connectivity index (χ0v) is 14.3. The Morgan fingerprint density at radius 1 is 1.23 bits per heavy atom. The molecule has 0 aromatic heterocycles. The fourth-order valence-electron chi connectivity index (χ4n) is 2.80. The van der Waals surface area contributed by atoms with Crippen molar-refractivity contribution in [1.29, 1.82) is 0 Å². The van der Waals surface area contributed by atoms with E-state index in [1.165, 1.54) is 24.0 Å². The van der Waals surface area contributed by atoms with E-state index in [1.54, 1.807) is 0 Å². The minimum Gasteiger partial charge on any atom is -0.474 e. The number of nitrogens with zero attached hydrogens (tertiary/aromatic N) is 1. The molecule has 0 saturated carbocycles. The van der Waals surface area contributed by atoms with Gasteiger partial charge in [-0.15, -0.1) is 0 Å². The van der Waals surface area contributed by atoms with Gasteiger partial charge in [0.25, 0.3) is 5.17 Å². The molecule has 0 unspecified atom stereocenters. The van der Waals surface area contributed by atoms with Crippen LogP contribution < -0.4 is 4.90 Å². The minimum atomic E-state index is -0.584. The molecule has 1 aromatic rings. The van der Waals surface area contributed by atoms with Crippen LogP contribution in [0.5, 0.6) is 0 Å². The highest BCUT2D eigenvalue weighted by molar-refractivity contribution is 7.80. The first kappa shape index (κ1) is 16.7. The summed E-state index contributed by atoms with van der Waals surface area (Å²) in [4.78, 5) is 14.7. The van der Waals surface area contributed by atoms with E-state index in [1.807, 2.05) is 44.2 Å². The van der Waals surface area contributed by atoms with Gasteiger partial charge in [-0.25, -0.2) is 4.90 Å². The third kappa shape index (κ3) is 3.38. The van der Waals surface area contributed by atoms with Crippen LogP contribution >= 0.6 is 12.2 Å². The quantitative estimate of drug-likeness (QED) is 0.608. The van der Waals surface area contributed by atoms with Crippen LogP contribution in [0, 0.1) is 5.41 Å². The maximum absolute atomic E-state index is 13.2. The highest BCUT2D eigenvalue weighted by Gasteiger charge is 2.38. The molecule has 0 atom stereocenters. The Hall–Kier alpha value is -1.68. The standard InChI is InChI=1S/C18H23NO2S/c1-18(2,14-10-6-4-7-11-14)16(20)19(17(22)21-3)15-12-8-5-9-13-15/h5,8-10,12-13H,4,6-7,11H2,1-3H3. The van der Waals surface area contributed by atoms with Crippen LogP contribution in [-0.4, -0.2) is 18.2 Å². The molecule has 4 heteroatoms. The summed E-state index contributed by atoms with van der Waals surface area (Å²) in [5.41, 5.74) is 1.35. The molecule has 0 fully saturated rings. The second kappa shape index (κ2) is 7.05. The zero-order chi connectivity index (χ0) is 16.2. The minimum absolute atomic E-state index is 0.0429. The van der Waals surface area contributed by atoms with E-state index in [2.05, 4.69) is 6.08 Å². The van der Waals surface area contributed by atoms with E-state index in [0.29, 0.717) is 0 Å². The van der Waals surface area contributed by atoms with Crippen LogP contribution in [0.15, 0.2) is 42.0 Å². The van der Waals surface area contributed by atoms with Gasteiger partial charge in [-0.3, -0.25) is 4.79 Å². The van der Waals surface area contributed by atoms with Crippen molar-refractivity contribution in [2.45, 2.75) is 39.5 Å². The molecule has 1 aromatic carbocycles. The lowest BCUT2D eigenvalue weighted by atomic mass is 9.77. The molecule has 2 rings (SSSR count). The molecular formula is C18H23NO2S. The molecule has 0 N–H and O–H groups in total. The molecule has 118 valence electrons. The van der Waals surface area contributed by atoms with Gasteiger partial charge in [-0.1, -0.05) is 29.8 Å². The number of methoxy groups -OCH3 is 1. The number of hydrogen-bond acceptors (Lipinski definition) is 3. The van der Waals surface area contributed by atoms with Gasteiger partial charge < -0.3 is 4.74 Å². The van der Waals surface area contributed by atoms with Crippen LogP contribution in [0.3, 0.4) is 0 Å². The summed E-state index contributed by atoms with van der Waals surface area (Å²) >= 11 is 5.27.